The van der Waals surface area contributed by atoms with Crippen molar-refractivity contribution < 1.29 is 9.53 Å². The highest BCUT2D eigenvalue weighted by Gasteiger charge is 2.14. The van der Waals surface area contributed by atoms with Crippen molar-refractivity contribution in [3.63, 3.8) is 0 Å². The summed E-state index contributed by atoms with van der Waals surface area (Å²) in [7, 11) is 1.66. The Kier molecular flexibility index (Phi) is 6.93. The smallest absolute Gasteiger partial charge is 0.234 e. The van der Waals surface area contributed by atoms with Crippen molar-refractivity contribution in [1.29, 1.82) is 0 Å². The lowest BCUT2D eigenvalue weighted by Gasteiger charge is -2.09. The molecule has 0 bridgehead atoms. The minimum atomic E-state index is -0.0534. The van der Waals surface area contributed by atoms with Gasteiger partial charge in [-0.1, -0.05) is 30.0 Å². The van der Waals surface area contributed by atoms with Crippen LogP contribution in [0.2, 0.25) is 0 Å². The van der Waals surface area contributed by atoms with Gasteiger partial charge in [0.25, 0.3) is 0 Å². The summed E-state index contributed by atoms with van der Waals surface area (Å²) in [6, 6.07) is 14.0. The van der Waals surface area contributed by atoms with Crippen molar-refractivity contribution >= 4 is 23.4 Å². The van der Waals surface area contributed by atoms with Gasteiger partial charge in [0.2, 0.25) is 5.91 Å². The average Bonchev–Trinajstić information content (AvgIpc) is 3.07. The Morgan fingerprint density at radius 2 is 1.79 bits per heavy atom. The SMILES string of the molecule is CCn1c(Cc2ccc(OC)cc2)nnc1SCC(=O)Nc1cc(C)cc(C)c1. The summed E-state index contributed by atoms with van der Waals surface area (Å²) < 4.78 is 7.26. The Balaban J connectivity index is 1.62. The summed E-state index contributed by atoms with van der Waals surface area (Å²) in [5, 5.41) is 12.4. The number of amides is 1. The first-order valence-electron chi connectivity index (χ1n) is 9.54. The molecule has 0 radical (unpaired) electrons. The molecule has 0 aliphatic rings. The van der Waals surface area contributed by atoms with Crippen LogP contribution in [0.5, 0.6) is 5.75 Å². The summed E-state index contributed by atoms with van der Waals surface area (Å²) in [5.74, 6) is 1.95. The molecule has 3 rings (SSSR count). The lowest BCUT2D eigenvalue weighted by molar-refractivity contribution is -0.113. The number of aromatic nitrogens is 3. The summed E-state index contributed by atoms with van der Waals surface area (Å²) in [5.41, 5.74) is 4.21. The molecule has 0 spiro atoms. The molecule has 0 fully saturated rings. The second-order valence-corrected chi connectivity index (χ2v) is 7.82. The van der Waals surface area contributed by atoms with Crippen LogP contribution in [0.15, 0.2) is 47.6 Å². The number of anilines is 1. The normalized spacial score (nSPS) is 10.8. The molecule has 1 aromatic heterocycles. The summed E-state index contributed by atoms with van der Waals surface area (Å²) in [6.07, 6.45) is 0.681. The van der Waals surface area contributed by atoms with Gasteiger partial charge >= 0.3 is 0 Å². The zero-order valence-electron chi connectivity index (χ0n) is 17.2. The highest BCUT2D eigenvalue weighted by atomic mass is 32.2. The molecule has 0 saturated carbocycles. The molecule has 0 aliphatic heterocycles. The molecule has 0 atom stereocenters. The number of ether oxygens (including phenoxy) is 1. The molecular formula is C22H26N4O2S. The Bertz CT molecular complexity index is 963. The van der Waals surface area contributed by atoms with Crippen LogP contribution < -0.4 is 10.1 Å². The number of nitrogens with one attached hydrogen (secondary N) is 1. The van der Waals surface area contributed by atoms with E-state index in [-0.39, 0.29) is 11.7 Å². The Morgan fingerprint density at radius 1 is 1.10 bits per heavy atom. The summed E-state index contributed by atoms with van der Waals surface area (Å²) in [4.78, 5) is 12.4. The van der Waals surface area contributed by atoms with Crippen LogP contribution in [0.25, 0.3) is 0 Å². The van der Waals surface area contributed by atoms with Crippen molar-refractivity contribution in [2.75, 3.05) is 18.2 Å². The second kappa shape index (κ2) is 9.60. The topological polar surface area (TPSA) is 69.0 Å². The number of benzene rings is 2. The molecule has 29 heavy (non-hydrogen) atoms. The van der Waals surface area contributed by atoms with Crippen LogP contribution in [0.1, 0.15) is 29.4 Å². The van der Waals surface area contributed by atoms with E-state index in [1.807, 2.05) is 50.2 Å². The van der Waals surface area contributed by atoms with E-state index in [0.29, 0.717) is 6.42 Å². The average molecular weight is 411 g/mol. The molecule has 6 nitrogen and oxygen atoms in total. The van der Waals surface area contributed by atoms with Gasteiger partial charge in [0, 0.05) is 18.7 Å². The third-order valence-electron chi connectivity index (χ3n) is 4.47. The van der Waals surface area contributed by atoms with Crippen molar-refractivity contribution in [3.05, 3.63) is 65.0 Å². The van der Waals surface area contributed by atoms with E-state index < -0.39 is 0 Å². The minimum Gasteiger partial charge on any atom is -0.497 e. The fourth-order valence-electron chi connectivity index (χ4n) is 3.17. The van der Waals surface area contributed by atoms with E-state index in [1.165, 1.54) is 11.8 Å². The van der Waals surface area contributed by atoms with Gasteiger partial charge in [-0.05, 0) is 61.7 Å². The van der Waals surface area contributed by atoms with Gasteiger partial charge in [0.1, 0.15) is 11.6 Å². The predicted octanol–water partition coefficient (Wildman–Crippen LogP) is 4.25. The highest BCUT2D eigenvalue weighted by molar-refractivity contribution is 7.99. The van der Waals surface area contributed by atoms with E-state index in [1.54, 1.807) is 7.11 Å². The highest BCUT2D eigenvalue weighted by Crippen LogP contribution is 2.21. The second-order valence-electron chi connectivity index (χ2n) is 6.88. The molecule has 1 heterocycles. The van der Waals surface area contributed by atoms with Crippen LogP contribution in [-0.4, -0.2) is 33.5 Å². The predicted molar refractivity (Wildman–Crippen MR) is 117 cm³/mol. The lowest BCUT2D eigenvalue weighted by atomic mass is 10.1. The van der Waals surface area contributed by atoms with Gasteiger partial charge in [-0.3, -0.25) is 4.79 Å². The molecule has 152 valence electrons. The fraction of sp³-hybridized carbons (Fsp3) is 0.318. The van der Waals surface area contributed by atoms with Gasteiger partial charge in [-0.15, -0.1) is 10.2 Å². The molecule has 0 unspecified atom stereocenters. The number of nitrogens with zero attached hydrogens (tertiary/aromatic N) is 3. The van der Waals surface area contributed by atoms with Crippen LogP contribution >= 0.6 is 11.8 Å². The molecule has 7 heteroatoms. The molecule has 3 aromatic rings. The number of rotatable bonds is 8. The number of methoxy groups -OCH3 is 1. The van der Waals surface area contributed by atoms with Gasteiger partial charge < -0.3 is 14.6 Å². The van der Waals surface area contributed by atoms with Crippen molar-refractivity contribution in [3.8, 4) is 5.75 Å². The Morgan fingerprint density at radius 3 is 2.41 bits per heavy atom. The first-order chi connectivity index (χ1) is 14.0. The van der Waals surface area contributed by atoms with Crippen molar-refractivity contribution in [2.24, 2.45) is 0 Å². The monoisotopic (exact) mass is 410 g/mol. The van der Waals surface area contributed by atoms with Gasteiger partial charge in [-0.25, -0.2) is 0 Å². The lowest BCUT2D eigenvalue weighted by Crippen LogP contribution is -2.15. The molecule has 1 N–H and O–H groups in total. The molecule has 1 amide bonds. The first kappa shape index (κ1) is 20.9. The minimum absolute atomic E-state index is 0.0534. The molecule has 0 saturated heterocycles. The largest absolute Gasteiger partial charge is 0.497 e. The maximum atomic E-state index is 12.4. The van der Waals surface area contributed by atoms with Crippen LogP contribution in [0, 0.1) is 13.8 Å². The Labute approximate surface area is 175 Å². The standard InChI is InChI=1S/C22H26N4O2S/c1-5-26-20(13-17-6-8-19(28-4)9-7-17)24-25-22(26)29-14-21(27)23-18-11-15(2)10-16(3)12-18/h6-12H,5,13-14H2,1-4H3,(H,23,27). The summed E-state index contributed by atoms with van der Waals surface area (Å²) >= 11 is 1.40. The molecule has 2 aromatic carbocycles. The number of hydrogen-bond donors (Lipinski definition) is 1. The quantitative estimate of drug-likeness (QED) is 0.563. The maximum absolute atomic E-state index is 12.4. The molecule has 0 aliphatic carbocycles. The van der Waals surface area contributed by atoms with E-state index in [9.17, 15) is 4.79 Å². The third-order valence-corrected chi connectivity index (χ3v) is 5.44. The van der Waals surface area contributed by atoms with Gasteiger partial charge in [0.05, 0.1) is 12.9 Å². The van der Waals surface area contributed by atoms with Crippen LogP contribution in [0.3, 0.4) is 0 Å². The van der Waals surface area contributed by atoms with Crippen molar-refractivity contribution in [1.82, 2.24) is 14.8 Å². The van der Waals surface area contributed by atoms with E-state index >= 15 is 0 Å². The third kappa shape index (κ3) is 5.60. The van der Waals surface area contributed by atoms with E-state index in [4.69, 9.17) is 4.74 Å². The number of aryl methyl sites for hydroxylation is 2. The number of carbonyl (C=O) groups excluding carboxylic acids is 1. The van der Waals surface area contributed by atoms with Crippen LogP contribution in [-0.2, 0) is 17.8 Å². The van der Waals surface area contributed by atoms with E-state index in [0.717, 1.165) is 45.7 Å². The van der Waals surface area contributed by atoms with Crippen LogP contribution in [0.4, 0.5) is 5.69 Å². The van der Waals surface area contributed by atoms with Crippen molar-refractivity contribution in [2.45, 2.75) is 38.9 Å². The van der Waals surface area contributed by atoms with E-state index in [2.05, 4.69) is 33.1 Å². The first-order valence-corrected chi connectivity index (χ1v) is 10.5. The zero-order chi connectivity index (χ0) is 20.8. The molecular weight excluding hydrogens is 384 g/mol. The Hall–Kier alpha value is -2.80. The number of carbonyl (C=O) groups is 1. The van der Waals surface area contributed by atoms with Gasteiger partial charge in [-0.2, -0.15) is 0 Å². The maximum Gasteiger partial charge on any atom is 0.234 e. The zero-order valence-corrected chi connectivity index (χ0v) is 18.0. The fourth-order valence-corrected chi connectivity index (χ4v) is 4.00. The number of hydrogen-bond acceptors (Lipinski definition) is 5. The number of thioether (sulfide) groups is 1. The van der Waals surface area contributed by atoms with Gasteiger partial charge in [0.15, 0.2) is 5.16 Å². The summed E-state index contributed by atoms with van der Waals surface area (Å²) in [6.45, 7) is 6.84.